The highest BCUT2D eigenvalue weighted by molar-refractivity contribution is 9.10. The summed E-state index contributed by atoms with van der Waals surface area (Å²) in [5, 5.41) is 7.81. The summed E-state index contributed by atoms with van der Waals surface area (Å²) in [7, 11) is 0. The van der Waals surface area contributed by atoms with Gasteiger partial charge in [-0.2, -0.15) is 16.9 Å². The van der Waals surface area contributed by atoms with Crippen molar-refractivity contribution in [3.63, 3.8) is 0 Å². The van der Waals surface area contributed by atoms with Gasteiger partial charge in [-0.25, -0.2) is 4.68 Å². The first-order valence-corrected chi connectivity index (χ1v) is 9.89. The van der Waals surface area contributed by atoms with Crippen LogP contribution < -0.4 is 5.32 Å². The van der Waals surface area contributed by atoms with Crippen LogP contribution in [0.3, 0.4) is 0 Å². The molecule has 2 aromatic carbocycles. The zero-order valence-corrected chi connectivity index (χ0v) is 16.0. The van der Waals surface area contributed by atoms with Crippen LogP contribution in [0, 0.1) is 6.92 Å². The molecule has 6 heteroatoms. The SMILES string of the molecule is Cc1ccc(-n2nc3c(c2NC(=O)c2ccccc2Br)CSC3)cc1. The molecule has 1 aliphatic heterocycles. The Morgan fingerprint density at radius 3 is 2.68 bits per heavy atom. The number of carbonyl (C=O) groups is 1. The minimum absolute atomic E-state index is 0.138. The topological polar surface area (TPSA) is 46.9 Å². The van der Waals surface area contributed by atoms with E-state index in [0.29, 0.717) is 5.56 Å². The van der Waals surface area contributed by atoms with Gasteiger partial charge in [0.25, 0.3) is 5.91 Å². The molecule has 1 aliphatic rings. The third kappa shape index (κ3) is 3.12. The number of amides is 1. The fourth-order valence-corrected chi connectivity index (χ4v) is 4.33. The van der Waals surface area contributed by atoms with E-state index in [4.69, 9.17) is 5.10 Å². The Hall–Kier alpha value is -2.05. The number of nitrogens with zero attached hydrogens (tertiary/aromatic N) is 2. The van der Waals surface area contributed by atoms with E-state index in [2.05, 4.69) is 40.3 Å². The first kappa shape index (κ1) is 16.4. The molecule has 3 aromatic rings. The average molecular weight is 414 g/mol. The lowest BCUT2D eigenvalue weighted by molar-refractivity contribution is 0.102. The third-order valence-electron chi connectivity index (χ3n) is 4.18. The number of aromatic nitrogens is 2. The van der Waals surface area contributed by atoms with Gasteiger partial charge in [0.2, 0.25) is 0 Å². The van der Waals surface area contributed by atoms with E-state index >= 15 is 0 Å². The van der Waals surface area contributed by atoms with Crippen molar-refractivity contribution in [1.82, 2.24) is 9.78 Å². The zero-order chi connectivity index (χ0) is 17.4. The maximum Gasteiger partial charge on any atom is 0.257 e. The lowest BCUT2D eigenvalue weighted by atomic mass is 10.2. The standard InChI is InChI=1S/C19H16BrN3OS/c1-12-6-8-13(9-7-12)23-18(15-10-25-11-17(15)22-23)21-19(24)14-4-2-3-5-16(14)20/h2-9H,10-11H2,1H3,(H,21,24). The number of fused-ring (bicyclic) bond motifs is 1. The van der Waals surface area contributed by atoms with Crippen molar-refractivity contribution in [1.29, 1.82) is 0 Å². The number of carbonyl (C=O) groups excluding carboxylic acids is 1. The monoisotopic (exact) mass is 413 g/mol. The van der Waals surface area contributed by atoms with Crippen molar-refractivity contribution < 1.29 is 4.79 Å². The molecule has 1 aromatic heterocycles. The van der Waals surface area contributed by atoms with E-state index in [1.807, 2.05) is 46.8 Å². The Morgan fingerprint density at radius 2 is 1.92 bits per heavy atom. The molecule has 0 radical (unpaired) electrons. The van der Waals surface area contributed by atoms with E-state index in [-0.39, 0.29) is 5.91 Å². The molecule has 0 unspecified atom stereocenters. The van der Waals surface area contributed by atoms with Crippen molar-refractivity contribution in [2.24, 2.45) is 0 Å². The summed E-state index contributed by atoms with van der Waals surface area (Å²) < 4.78 is 2.62. The van der Waals surface area contributed by atoms with Gasteiger partial charge in [0, 0.05) is 21.5 Å². The van der Waals surface area contributed by atoms with E-state index in [9.17, 15) is 4.79 Å². The fraction of sp³-hybridized carbons (Fsp3) is 0.158. The van der Waals surface area contributed by atoms with E-state index in [0.717, 1.165) is 38.7 Å². The van der Waals surface area contributed by atoms with Gasteiger partial charge in [0.15, 0.2) is 0 Å². The second-order valence-electron chi connectivity index (χ2n) is 5.95. The molecule has 1 N–H and O–H groups in total. The van der Waals surface area contributed by atoms with Gasteiger partial charge in [-0.3, -0.25) is 4.79 Å². The number of nitrogens with one attached hydrogen (secondary N) is 1. The second kappa shape index (κ2) is 6.69. The van der Waals surface area contributed by atoms with Crippen LogP contribution >= 0.6 is 27.7 Å². The Bertz CT molecular complexity index is 950. The maximum absolute atomic E-state index is 12.8. The lowest BCUT2D eigenvalue weighted by Crippen LogP contribution is -2.16. The van der Waals surface area contributed by atoms with E-state index in [1.165, 1.54) is 5.56 Å². The molecule has 0 fully saturated rings. The average Bonchev–Trinajstić information content (AvgIpc) is 3.19. The molecule has 126 valence electrons. The van der Waals surface area contributed by atoms with Crippen LogP contribution in [0.4, 0.5) is 5.82 Å². The summed E-state index contributed by atoms with van der Waals surface area (Å²) in [6, 6.07) is 15.6. The number of hydrogen-bond donors (Lipinski definition) is 1. The summed E-state index contributed by atoms with van der Waals surface area (Å²) in [4.78, 5) is 12.8. The molecule has 4 nitrogen and oxygen atoms in total. The Morgan fingerprint density at radius 1 is 1.16 bits per heavy atom. The van der Waals surface area contributed by atoms with E-state index < -0.39 is 0 Å². The molecule has 2 heterocycles. The van der Waals surface area contributed by atoms with Gasteiger partial charge < -0.3 is 5.32 Å². The molecule has 0 saturated heterocycles. The van der Waals surface area contributed by atoms with Crippen LogP contribution in [0.2, 0.25) is 0 Å². The lowest BCUT2D eigenvalue weighted by Gasteiger charge is -2.12. The van der Waals surface area contributed by atoms with Gasteiger partial charge in [-0.05, 0) is 47.1 Å². The van der Waals surface area contributed by atoms with Gasteiger partial charge in [0.05, 0.1) is 16.9 Å². The van der Waals surface area contributed by atoms with Crippen LogP contribution in [0.5, 0.6) is 0 Å². The summed E-state index contributed by atoms with van der Waals surface area (Å²) >= 11 is 5.27. The number of aryl methyl sites for hydroxylation is 1. The third-order valence-corrected chi connectivity index (χ3v) is 5.84. The largest absolute Gasteiger partial charge is 0.306 e. The zero-order valence-electron chi connectivity index (χ0n) is 13.6. The van der Waals surface area contributed by atoms with Crippen LogP contribution in [-0.4, -0.2) is 15.7 Å². The first-order chi connectivity index (χ1) is 12.1. The van der Waals surface area contributed by atoms with Crippen LogP contribution in [-0.2, 0) is 11.5 Å². The highest BCUT2D eigenvalue weighted by Crippen LogP contribution is 2.36. The summed E-state index contributed by atoms with van der Waals surface area (Å²) in [5.41, 5.74) is 4.92. The Labute approximate surface area is 158 Å². The summed E-state index contributed by atoms with van der Waals surface area (Å²) in [5.74, 6) is 2.38. The molecule has 4 rings (SSSR count). The number of anilines is 1. The number of thioether (sulfide) groups is 1. The van der Waals surface area contributed by atoms with E-state index in [1.54, 1.807) is 6.07 Å². The summed E-state index contributed by atoms with van der Waals surface area (Å²) in [6.07, 6.45) is 0. The molecule has 1 amide bonds. The van der Waals surface area contributed by atoms with Gasteiger partial charge >= 0.3 is 0 Å². The normalized spacial score (nSPS) is 12.9. The van der Waals surface area contributed by atoms with Crippen molar-refractivity contribution in [3.05, 3.63) is 75.4 Å². The highest BCUT2D eigenvalue weighted by Gasteiger charge is 2.25. The molecular weight excluding hydrogens is 398 g/mol. The minimum Gasteiger partial charge on any atom is -0.306 e. The smallest absolute Gasteiger partial charge is 0.257 e. The molecule has 0 bridgehead atoms. The Kier molecular flexibility index (Phi) is 4.39. The molecule has 0 spiro atoms. The first-order valence-electron chi connectivity index (χ1n) is 7.95. The van der Waals surface area contributed by atoms with Gasteiger partial charge in [0.1, 0.15) is 5.82 Å². The summed E-state index contributed by atoms with van der Waals surface area (Å²) in [6.45, 7) is 2.05. The van der Waals surface area contributed by atoms with Crippen LogP contribution in [0.25, 0.3) is 5.69 Å². The number of rotatable bonds is 3. The molecular formula is C19H16BrN3OS. The number of hydrogen-bond acceptors (Lipinski definition) is 3. The minimum atomic E-state index is -0.138. The maximum atomic E-state index is 12.8. The van der Waals surface area contributed by atoms with Gasteiger partial charge in [-0.1, -0.05) is 29.8 Å². The predicted octanol–water partition coefficient (Wildman–Crippen LogP) is 4.94. The van der Waals surface area contributed by atoms with Crippen molar-refractivity contribution in [2.45, 2.75) is 18.4 Å². The highest BCUT2D eigenvalue weighted by atomic mass is 79.9. The second-order valence-corrected chi connectivity index (χ2v) is 7.79. The van der Waals surface area contributed by atoms with Crippen LogP contribution in [0.15, 0.2) is 53.0 Å². The quantitative estimate of drug-likeness (QED) is 0.660. The van der Waals surface area contributed by atoms with Crippen LogP contribution in [0.1, 0.15) is 27.2 Å². The molecule has 25 heavy (non-hydrogen) atoms. The molecule has 0 aliphatic carbocycles. The molecule has 0 saturated carbocycles. The fourth-order valence-electron chi connectivity index (χ4n) is 2.83. The number of halogens is 1. The van der Waals surface area contributed by atoms with Crippen molar-refractivity contribution in [3.8, 4) is 5.69 Å². The Balaban J connectivity index is 1.75. The van der Waals surface area contributed by atoms with Crippen molar-refractivity contribution in [2.75, 3.05) is 5.32 Å². The molecule has 0 atom stereocenters. The number of benzene rings is 2. The predicted molar refractivity (Wildman–Crippen MR) is 105 cm³/mol. The van der Waals surface area contributed by atoms with Crippen molar-refractivity contribution >= 4 is 39.4 Å². The van der Waals surface area contributed by atoms with Gasteiger partial charge in [-0.15, -0.1) is 0 Å².